The number of amides is 1. The number of nitrogens with zero attached hydrogens (tertiary/aromatic N) is 2. The highest BCUT2D eigenvalue weighted by Crippen LogP contribution is 2.44. The molecule has 4 rings (SSSR count). The van der Waals surface area contributed by atoms with Gasteiger partial charge in [-0.05, 0) is 43.7 Å². The van der Waals surface area contributed by atoms with Gasteiger partial charge in [0.25, 0.3) is 5.91 Å². The molecular weight excluding hydrogens is 395 g/mol. The molecule has 0 radical (unpaired) electrons. The number of aromatic nitrogens is 1. The van der Waals surface area contributed by atoms with E-state index >= 15 is 0 Å². The van der Waals surface area contributed by atoms with Crippen LogP contribution in [0.15, 0.2) is 42.6 Å². The molecule has 2 aromatic carbocycles. The minimum Gasteiger partial charge on any atom is -0.505 e. The lowest BCUT2D eigenvalue weighted by molar-refractivity contribution is 0.0764. The number of carbonyl (C=O) groups is 1. The summed E-state index contributed by atoms with van der Waals surface area (Å²) < 4.78 is 31.3. The van der Waals surface area contributed by atoms with Crippen molar-refractivity contribution in [3.05, 3.63) is 65.1 Å². The highest BCUT2D eigenvalue weighted by molar-refractivity contribution is 7.81. The summed E-state index contributed by atoms with van der Waals surface area (Å²) >= 11 is -1.62. The molecule has 6 nitrogen and oxygen atoms in total. The summed E-state index contributed by atoms with van der Waals surface area (Å²) in [6, 6.07) is 9.27. The number of benzene rings is 2. The van der Waals surface area contributed by atoms with Gasteiger partial charge in [-0.1, -0.05) is 12.1 Å². The Labute approximate surface area is 169 Å². The number of pyridine rings is 1. The lowest BCUT2D eigenvalue weighted by Gasteiger charge is -2.16. The molecule has 1 unspecified atom stereocenters. The van der Waals surface area contributed by atoms with Gasteiger partial charge in [0.2, 0.25) is 11.1 Å². The van der Waals surface area contributed by atoms with Crippen molar-refractivity contribution in [2.45, 2.75) is 32.2 Å². The van der Waals surface area contributed by atoms with E-state index < -0.39 is 11.1 Å². The first kappa shape index (κ1) is 19.3. The van der Waals surface area contributed by atoms with Crippen molar-refractivity contribution in [2.75, 3.05) is 0 Å². The van der Waals surface area contributed by atoms with Gasteiger partial charge in [-0.2, -0.15) is 0 Å². The van der Waals surface area contributed by atoms with Crippen molar-refractivity contribution in [1.29, 1.82) is 0 Å². The van der Waals surface area contributed by atoms with Gasteiger partial charge in [-0.15, -0.1) is 0 Å². The molecule has 0 spiro atoms. The molecule has 0 saturated carbocycles. The predicted molar refractivity (Wildman–Crippen MR) is 107 cm³/mol. The van der Waals surface area contributed by atoms with E-state index in [9.17, 15) is 18.5 Å². The third-order valence-electron chi connectivity index (χ3n) is 4.78. The first-order valence-electron chi connectivity index (χ1n) is 9.12. The summed E-state index contributed by atoms with van der Waals surface area (Å²) in [5.74, 6) is -0.658. The van der Waals surface area contributed by atoms with Gasteiger partial charge in [0.15, 0.2) is 11.5 Å². The maximum atomic E-state index is 13.2. The highest BCUT2D eigenvalue weighted by atomic mass is 32.2. The molecule has 150 valence electrons. The number of halogens is 1. The molecule has 3 aromatic rings. The van der Waals surface area contributed by atoms with Crippen LogP contribution in [0.2, 0.25) is 0 Å². The summed E-state index contributed by atoms with van der Waals surface area (Å²) in [5.41, 5.74) is 1.56. The molecule has 1 aliphatic heterocycles. The summed E-state index contributed by atoms with van der Waals surface area (Å²) in [7, 11) is 0. The maximum absolute atomic E-state index is 13.2. The lowest BCUT2D eigenvalue weighted by Crippen LogP contribution is -2.23. The summed E-state index contributed by atoms with van der Waals surface area (Å²) in [5, 5.41) is 11.0. The van der Waals surface area contributed by atoms with Crippen LogP contribution in [-0.4, -0.2) is 30.4 Å². The molecular formula is C21H19FN2O4S. The fourth-order valence-electron chi connectivity index (χ4n) is 3.33. The number of phenolic OH excluding ortho intramolecular Hbond substituents is 1. The zero-order valence-electron chi connectivity index (χ0n) is 15.9. The van der Waals surface area contributed by atoms with E-state index in [1.807, 2.05) is 0 Å². The van der Waals surface area contributed by atoms with E-state index in [1.165, 1.54) is 23.2 Å². The van der Waals surface area contributed by atoms with Crippen molar-refractivity contribution < 1.29 is 22.7 Å². The second-order valence-corrected chi connectivity index (χ2v) is 8.74. The molecule has 1 atom stereocenters. The van der Waals surface area contributed by atoms with E-state index in [-0.39, 0.29) is 46.9 Å². The molecule has 0 saturated heterocycles. The summed E-state index contributed by atoms with van der Waals surface area (Å²) in [6.07, 6.45) is 1.51. The van der Waals surface area contributed by atoms with Crippen LogP contribution in [0, 0.1) is 5.82 Å². The normalized spacial score (nSPS) is 14.5. The van der Waals surface area contributed by atoms with E-state index in [4.69, 9.17) is 4.18 Å². The first-order valence-corrected chi connectivity index (χ1v) is 10.3. The van der Waals surface area contributed by atoms with Gasteiger partial charge in [-0.25, -0.2) is 8.60 Å². The van der Waals surface area contributed by atoms with Crippen LogP contribution in [-0.2, 0) is 24.2 Å². The number of hydrogen-bond donors (Lipinski definition) is 1. The van der Waals surface area contributed by atoms with Crippen molar-refractivity contribution in [3.8, 4) is 11.5 Å². The Bertz CT molecular complexity index is 1130. The highest BCUT2D eigenvalue weighted by Gasteiger charge is 2.36. The standard InChI is InChI=1S/C21H19FN2O4S/c1-12(2)29(27)28-20-15-4-3-9-23-18(15)19(25)17-16(20)11-24(21(17)26)10-13-5-7-14(22)8-6-13/h3-9,12,25H,10-11H2,1-2H3. The van der Waals surface area contributed by atoms with Crippen LogP contribution in [0.5, 0.6) is 11.5 Å². The van der Waals surface area contributed by atoms with Crippen LogP contribution in [0.25, 0.3) is 10.9 Å². The van der Waals surface area contributed by atoms with Crippen LogP contribution in [0.1, 0.15) is 35.3 Å². The topological polar surface area (TPSA) is 79.7 Å². The van der Waals surface area contributed by atoms with Gasteiger partial charge < -0.3 is 14.2 Å². The zero-order chi connectivity index (χ0) is 20.7. The van der Waals surface area contributed by atoms with Crippen molar-refractivity contribution >= 4 is 27.9 Å². The minimum atomic E-state index is -1.62. The number of carbonyl (C=O) groups excluding carboxylic acids is 1. The average Bonchev–Trinajstić information content (AvgIpc) is 3.03. The molecule has 2 heterocycles. The SMILES string of the molecule is CC(C)S(=O)Oc1c2c(c(O)c3ncccc13)C(=O)N(Cc1ccc(F)cc1)C2. The molecule has 8 heteroatoms. The third-order valence-corrected chi connectivity index (χ3v) is 5.88. The Hall–Kier alpha value is -3.00. The smallest absolute Gasteiger partial charge is 0.258 e. The Morgan fingerprint density at radius 1 is 1.28 bits per heavy atom. The van der Waals surface area contributed by atoms with Crippen molar-refractivity contribution in [1.82, 2.24) is 9.88 Å². The molecule has 1 amide bonds. The van der Waals surface area contributed by atoms with Gasteiger partial charge in [0.05, 0.1) is 17.4 Å². The molecule has 1 N–H and O–H groups in total. The lowest BCUT2D eigenvalue weighted by atomic mass is 10.0. The number of phenols is 1. The van der Waals surface area contributed by atoms with Gasteiger partial charge in [0, 0.05) is 23.7 Å². The Morgan fingerprint density at radius 2 is 2.00 bits per heavy atom. The zero-order valence-corrected chi connectivity index (χ0v) is 16.7. The summed E-state index contributed by atoms with van der Waals surface area (Å²) in [4.78, 5) is 18.7. The number of aromatic hydroxyl groups is 1. The van der Waals surface area contributed by atoms with Gasteiger partial charge in [-0.3, -0.25) is 9.78 Å². The number of hydrogen-bond acceptors (Lipinski definition) is 5. The van der Waals surface area contributed by atoms with E-state index in [1.54, 1.807) is 38.1 Å². The van der Waals surface area contributed by atoms with Crippen molar-refractivity contribution in [2.24, 2.45) is 0 Å². The van der Waals surface area contributed by atoms with Crippen molar-refractivity contribution in [3.63, 3.8) is 0 Å². The number of fused-ring (bicyclic) bond motifs is 2. The van der Waals surface area contributed by atoms with Gasteiger partial charge >= 0.3 is 0 Å². The fraction of sp³-hybridized carbons (Fsp3) is 0.238. The first-order chi connectivity index (χ1) is 13.9. The van der Waals surface area contributed by atoms with Crippen LogP contribution in [0.4, 0.5) is 4.39 Å². The summed E-state index contributed by atoms with van der Waals surface area (Å²) in [6.45, 7) is 3.95. The molecule has 0 aliphatic carbocycles. The van der Waals surface area contributed by atoms with Crippen LogP contribution < -0.4 is 4.18 Å². The van der Waals surface area contributed by atoms with Crippen LogP contribution >= 0.6 is 0 Å². The quantitative estimate of drug-likeness (QED) is 0.689. The third kappa shape index (κ3) is 3.44. The Balaban J connectivity index is 1.80. The largest absolute Gasteiger partial charge is 0.505 e. The molecule has 0 fully saturated rings. The number of rotatable bonds is 5. The van der Waals surface area contributed by atoms with Crippen LogP contribution in [0.3, 0.4) is 0 Å². The second-order valence-electron chi connectivity index (χ2n) is 7.11. The second kappa shape index (κ2) is 7.44. The molecule has 0 bridgehead atoms. The average molecular weight is 414 g/mol. The van der Waals surface area contributed by atoms with E-state index in [2.05, 4.69) is 4.98 Å². The molecule has 1 aliphatic rings. The predicted octanol–water partition coefficient (Wildman–Crippen LogP) is 3.69. The Kier molecular flexibility index (Phi) is 4.96. The van der Waals surface area contributed by atoms with Gasteiger partial charge in [0.1, 0.15) is 11.3 Å². The Morgan fingerprint density at radius 3 is 2.69 bits per heavy atom. The molecule has 29 heavy (non-hydrogen) atoms. The van der Waals surface area contributed by atoms with E-state index in [0.717, 1.165) is 5.56 Å². The fourth-order valence-corrected chi connectivity index (χ4v) is 3.88. The van der Waals surface area contributed by atoms with E-state index in [0.29, 0.717) is 16.7 Å². The molecule has 1 aromatic heterocycles. The maximum Gasteiger partial charge on any atom is 0.258 e. The monoisotopic (exact) mass is 414 g/mol. The minimum absolute atomic E-state index is 0.106.